The highest BCUT2D eigenvalue weighted by atomic mass is 32.2. The summed E-state index contributed by atoms with van der Waals surface area (Å²) in [6.07, 6.45) is 0.257. The van der Waals surface area contributed by atoms with Crippen LogP contribution in [0.5, 0.6) is 0 Å². The predicted molar refractivity (Wildman–Crippen MR) is 73.1 cm³/mol. The third kappa shape index (κ3) is 3.74. The minimum absolute atomic E-state index is 0.0147. The number of sulfonamides is 1. The highest BCUT2D eigenvalue weighted by molar-refractivity contribution is 7.89. The second kappa shape index (κ2) is 5.18. The van der Waals surface area contributed by atoms with Gasteiger partial charge in [0.1, 0.15) is 0 Å². The van der Waals surface area contributed by atoms with Crippen LogP contribution in [0.2, 0.25) is 0 Å². The highest BCUT2D eigenvalue weighted by Gasteiger charge is 2.32. The van der Waals surface area contributed by atoms with E-state index in [4.69, 9.17) is 5.14 Å². The van der Waals surface area contributed by atoms with Crippen molar-refractivity contribution in [3.8, 4) is 0 Å². The van der Waals surface area contributed by atoms with E-state index in [1.54, 1.807) is 16.2 Å². The van der Waals surface area contributed by atoms with Crippen LogP contribution in [-0.4, -0.2) is 36.5 Å². The molecule has 2 heterocycles. The Morgan fingerprint density at radius 1 is 1.47 bits per heavy atom. The van der Waals surface area contributed by atoms with Crippen molar-refractivity contribution in [1.29, 1.82) is 0 Å². The number of amides is 1. The van der Waals surface area contributed by atoms with Crippen LogP contribution in [-0.2, 0) is 21.4 Å². The Morgan fingerprint density at radius 2 is 2.16 bits per heavy atom. The number of rotatable bonds is 4. The van der Waals surface area contributed by atoms with Gasteiger partial charge in [-0.15, -0.1) is 11.3 Å². The predicted octanol–water partition coefficient (Wildman–Crippen LogP) is 0.397. The molecule has 19 heavy (non-hydrogen) atoms. The first kappa shape index (κ1) is 14.4. The molecule has 1 fully saturated rings. The molecule has 1 saturated heterocycles. The summed E-state index contributed by atoms with van der Waals surface area (Å²) >= 11 is 1.57. The van der Waals surface area contributed by atoms with Crippen molar-refractivity contribution in [2.75, 3.05) is 12.3 Å². The Kier molecular flexibility index (Phi) is 3.93. The third-order valence-corrected chi connectivity index (χ3v) is 5.09. The zero-order chi connectivity index (χ0) is 14.2. The number of aryl methyl sites for hydroxylation is 2. The monoisotopic (exact) mass is 303 g/mol. The van der Waals surface area contributed by atoms with Gasteiger partial charge in [-0.2, -0.15) is 0 Å². The van der Waals surface area contributed by atoms with E-state index < -0.39 is 10.0 Å². The molecule has 2 N–H and O–H groups in total. The quantitative estimate of drug-likeness (QED) is 0.871. The second-order valence-corrected chi connectivity index (χ2v) is 7.86. The summed E-state index contributed by atoms with van der Waals surface area (Å²) in [4.78, 5) is 18.9. The molecule has 0 radical (unpaired) electrons. The molecule has 8 heteroatoms. The normalized spacial score (nSPS) is 20.3. The Balaban J connectivity index is 2.03. The summed E-state index contributed by atoms with van der Waals surface area (Å²) in [6.45, 7) is 4.81. The van der Waals surface area contributed by atoms with Crippen LogP contribution in [0.25, 0.3) is 0 Å². The van der Waals surface area contributed by atoms with Gasteiger partial charge in [0.05, 0.1) is 23.0 Å². The number of thiazole rings is 1. The van der Waals surface area contributed by atoms with Crippen molar-refractivity contribution in [3.63, 3.8) is 0 Å². The first-order valence-electron chi connectivity index (χ1n) is 5.96. The standard InChI is InChI=1S/C11H17N3O3S2/c1-7-10(18-8(2)13-7)5-14-4-9(3-11(14)15)6-19(12,16)17/h9H,3-6H2,1-2H3,(H2,12,16,17). The van der Waals surface area contributed by atoms with Gasteiger partial charge in [0.25, 0.3) is 0 Å². The van der Waals surface area contributed by atoms with Gasteiger partial charge < -0.3 is 4.90 Å². The number of hydrogen-bond acceptors (Lipinski definition) is 5. The minimum atomic E-state index is -3.52. The molecular formula is C11H17N3O3S2. The van der Waals surface area contributed by atoms with Crippen LogP contribution in [0.3, 0.4) is 0 Å². The zero-order valence-corrected chi connectivity index (χ0v) is 12.6. The lowest BCUT2D eigenvalue weighted by Gasteiger charge is -2.15. The second-order valence-electron chi connectivity index (χ2n) is 4.92. The maximum atomic E-state index is 11.9. The molecule has 1 amide bonds. The number of carbonyl (C=O) groups excluding carboxylic acids is 1. The van der Waals surface area contributed by atoms with Crippen molar-refractivity contribution in [3.05, 3.63) is 15.6 Å². The van der Waals surface area contributed by atoms with Crippen LogP contribution in [0.1, 0.15) is 22.0 Å². The number of likely N-dealkylation sites (tertiary alicyclic amines) is 1. The largest absolute Gasteiger partial charge is 0.337 e. The SMILES string of the molecule is Cc1nc(C)c(CN2CC(CS(N)(=O)=O)CC2=O)s1. The van der Waals surface area contributed by atoms with Crippen molar-refractivity contribution in [2.24, 2.45) is 11.1 Å². The lowest BCUT2D eigenvalue weighted by atomic mass is 10.1. The average Bonchev–Trinajstić information content (AvgIpc) is 2.69. The van der Waals surface area contributed by atoms with E-state index in [0.717, 1.165) is 15.6 Å². The van der Waals surface area contributed by atoms with Crippen LogP contribution in [0.15, 0.2) is 0 Å². The van der Waals surface area contributed by atoms with E-state index in [1.807, 2.05) is 13.8 Å². The lowest BCUT2D eigenvalue weighted by molar-refractivity contribution is -0.128. The van der Waals surface area contributed by atoms with Crippen LogP contribution in [0.4, 0.5) is 0 Å². The Bertz CT molecular complexity index is 594. The summed E-state index contributed by atoms with van der Waals surface area (Å²) in [7, 11) is -3.52. The summed E-state index contributed by atoms with van der Waals surface area (Å²) in [5.74, 6) is -0.341. The van der Waals surface area contributed by atoms with Gasteiger partial charge >= 0.3 is 0 Å². The van der Waals surface area contributed by atoms with E-state index in [9.17, 15) is 13.2 Å². The number of carbonyl (C=O) groups is 1. The molecule has 0 aliphatic carbocycles. The summed E-state index contributed by atoms with van der Waals surface area (Å²) in [5, 5.41) is 5.99. The van der Waals surface area contributed by atoms with Gasteiger partial charge in [-0.25, -0.2) is 18.5 Å². The van der Waals surface area contributed by atoms with E-state index >= 15 is 0 Å². The lowest BCUT2D eigenvalue weighted by Crippen LogP contribution is -2.27. The average molecular weight is 303 g/mol. The van der Waals surface area contributed by atoms with Crippen LogP contribution >= 0.6 is 11.3 Å². The Hall–Kier alpha value is -0.990. The van der Waals surface area contributed by atoms with E-state index in [-0.39, 0.29) is 24.0 Å². The fourth-order valence-electron chi connectivity index (χ4n) is 2.34. The van der Waals surface area contributed by atoms with Gasteiger partial charge in [-0.3, -0.25) is 4.79 Å². The molecule has 0 bridgehead atoms. The fourth-order valence-corrected chi connectivity index (χ4v) is 4.17. The number of nitrogens with zero attached hydrogens (tertiary/aromatic N) is 2. The van der Waals surface area contributed by atoms with E-state index in [2.05, 4.69) is 4.98 Å². The molecule has 0 saturated carbocycles. The molecule has 1 aromatic heterocycles. The zero-order valence-electron chi connectivity index (χ0n) is 10.9. The fraction of sp³-hybridized carbons (Fsp3) is 0.636. The Morgan fingerprint density at radius 3 is 2.68 bits per heavy atom. The Labute approximate surface area is 116 Å². The number of nitrogens with two attached hydrogens (primary N) is 1. The maximum Gasteiger partial charge on any atom is 0.223 e. The number of primary sulfonamides is 1. The first-order chi connectivity index (χ1) is 8.74. The molecule has 106 valence electrons. The van der Waals surface area contributed by atoms with Gasteiger partial charge in [-0.1, -0.05) is 0 Å². The smallest absolute Gasteiger partial charge is 0.223 e. The van der Waals surface area contributed by atoms with Gasteiger partial charge in [-0.05, 0) is 13.8 Å². The van der Waals surface area contributed by atoms with Gasteiger partial charge in [0.15, 0.2) is 0 Å². The minimum Gasteiger partial charge on any atom is -0.337 e. The van der Waals surface area contributed by atoms with Crippen molar-refractivity contribution in [1.82, 2.24) is 9.88 Å². The molecule has 1 aliphatic heterocycles. The number of aromatic nitrogens is 1. The van der Waals surface area contributed by atoms with Crippen LogP contribution < -0.4 is 5.14 Å². The summed E-state index contributed by atoms with van der Waals surface area (Å²) < 4.78 is 22.1. The topological polar surface area (TPSA) is 93.4 Å². The molecular weight excluding hydrogens is 286 g/mol. The van der Waals surface area contributed by atoms with E-state index in [0.29, 0.717) is 13.1 Å². The van der Waals surface area contributed by atoms with Crippen molar-refractivity contribution >= 4 is 27.3 Å². The summed E-state index contributed by atoms with van der Waals surface area (Å²) in [6, 6.07) is 0. The van der Waals surface area contributed by atoms with Crippen molar-refractivity contribution in [2.45, 2.75) is 26.8 Å². The summed E-state index contributed by atoms with van der Waals surface area (Å²) in [5.41, 5.74) is 0.935. The number of hydrogen-bond donors (Lipinski definition) is 1. The molecule has 2 rings (SSSR count). The molecule has 0 aromatic carbocycles. The molecule has 1 atom stereocenters. The maximum absolute atomic E-state index is 11.9. The van der Waals surface area contributed by atoms with Crippen LogP contribution in [0, 0.1) is 19.8 Å². The molecule has 1 aliphatic rings. The third-order valence-electron chi connectivity index (χ3n) is 3.10. The van der Waals surface area contributed by atoms with Gasteiger partial charge in [0.2, 0.25) is 15.9 Å². The molecule has 6 nitrogen and oxygen atoms in total. The van der Waals surface area contributed by atoms with E-state index in [1.165, 1.54) is 0 Å². The molecule has 1 aromatic rings. The molecule has 0 spiro atoms. The first-order valence-corrected chi connectivity index (χ1v) is 8.49. The van der Waals surface area contributed by atoms with Gasteiger partial charge in [0, 0.05) is 23.8 Å². The highest BCUT2D eigenvalue weighted by Crippen LogP contribution is 2.25. The molecule has 1 unspecified atom stereocenters. The van der Waals surface area contributed by atoms with Crippen molar-refractivity contribution < 1.29 is 13.2 Å².